The summed E-state index contributed by atoms with van der Waals surface area (Å²) in [5.74, 6) is -3.91. The summed E-state index contributed by atoms with van der Waals surface area (Å²) in [6.07, 6.45) is 1.76. The summed E-state index contributed by atoms with van der Waals surface area (Å²) < 4.78 is 0. The quantitative estimate of drug-likeness (QED) is 0.141. The molecule has 0 saturated heterocycles. The number of aliphatic carboxylic acids is 2. The third-order valence-electron chi connectivity index (χ3n) is 5.58. The Bertz CT molecular complexity index is 957. The molecule has 0 aliphatic heterocycles. The predicted octanol–water partition coefficient (Wildman–Crippen LogP) is 0.465. The highest BCUT2D eigenvalue weighted by Crippen LogP contribution is 2.13. The van der Waals surface area contributed by atoms with Crippen LogP contribution in [0, 0.1) is 5.92 Å². The lowest BCUT2D eigenvalue weighted by Gasteiger charge is -2.26. The fourth-order valence-corrected chi connectivity index (χ4v) is 3.98. The third-order valence-corrected chi connectivity index (χ3v) is 6.22. The van der Waals surface area contributed by atoms with Gasteiger partial charge in [0.1, 0.15) is 23.9 Å². The molecule has 3 amide bonds. The molecule has 0 saturated carbocycles. The van der Waals surface area contributed by atoms with Gasteiger partial charge in [-0.15, -0.1) is 0 Å². The van der Waals surface area contributed by atoms with Gasteiger partial charge in [-0.1, -0.05) is 26.0 Å². The number of carboxylic acid groups (broad SMARTS) is 2. The Morgan fingerprint density at radius 1 is 0.868 bits per heavy atom. The fraction of sp³-hybridized carbons (Fsp3) is 0.560. The third kappa shape index (κ3) is 12.3. The molecule has 1 aromatic rings. The van der Waals surface area contributed by atoms with Gasteiger partial charge in [0.05, 0.1) is 6.04 Å². The molecule has 8 N–H and O–H groups in total. The van der Waals surface area contributed by atoms with Crippen molar-refractivity contribution in [2.75, 3.05) is 12.0 Å². The van der Waals surface area contributed by atoms with Crippen LogP contribution in [0.15, 0.2) is 24.3 Å². The van der Waals surface area contributed by atoms with E-state index in [1.807, 2.05) is 20.1 Å². The first-order valence-corrected chi connectivity index (χ1v) is 13.6. The van der Waals surface area contributed by atoms with Crippen LogP contribution in [0.1, 0.15) is 45.1 Å². The number of thioether (sulfide) groups is 1. The number of nitrogens with one attached hydrogen (secondary N) is 3. The van der Waals surface area contributed by atoms with Gasteiger partial charge in [0.25, 0.3) is 0 Å². The van der Waals surface area contributed by atoms with E-state index in [0.29, 0.717) is 11.3 Å². The van der Waals surface area contributed by atoms with E-state index in [1.165, 1.54) is 23.9 Å². The van der Waals surface area contributed by atoms with Crippen LogP contribution in [-0.2, 0) is 30.4 Å². The minimum absolute atomic E-state index is 0.00893. The summed E-state index contributed by atoms with van der Waals surface area (Å²) in [5.41, 5.74) is 6.40. The lowest BCUT2D eigenvalue weighted by molar-refractivity contribution is -0.142. The van der Waals surface area contributed by atoms with E-state index in [4.69, 9.17) is 10.8 Å². The standard InChI is InChI=1S/C25H38N4O8S/c1-14(2)12-19(23(34)27-18(25(36)37)10-11-38-3)29-24(35)20(13-15-4-6-16(30)7-5-15)28-22(33)17(26)8-9-21(31)32/h4-7,14,17-20,30H,8-13,26H2,1-3H3,(H,27,34)(H,28,33)(H,29,35)(H,31,32)(H,36,37). The SMILES string of the molecule is CSCCC(NC(=O)C(CC(C)C)NC(=O)C(Cc1ccc(O)cc1)NC(=O)C(N)CCC(=O)O)C(=O)O. The predicted molar refractivity (Wildman–Crippen MR) is 143 cm³/mol. The van der Waals surface area contributed by atoms with Gasteiger partial charge in [-0.3, -0.25) is 19.2 Å². The number of rotatable bonds is 17. The van der Waals surface area contributed by atoms with Crippen LogP contribution >= 0.6 is 11.8 Å². The molecule has 212 valence electrons. The minimum Gasteiger partial charge on any atom is -0.508 e. The van der Waals surface area contributed by atoms with Crippen LogP contribution < -0.4 is 21.7 Å². The van der Waals surface area contributed by atoms with Gasteiger partial charge in [-0.05, 0) is 54.9 Å². The number of carboxylic acids is 2. The first-order valence-electron chi connectivity index (χ1n) is 12.2. The van der Waals surface area contributed by atoms with Crippen LogP contribution in [0.4, 0.5) is 0 Å². The number of carbonyl (C=O) groups is 5. The van der Waals surface area contributed by atoms with Gasteiger partial charge < -0.3 is 37.0 Å². The molecule has 13 heteroatoms. The van der Waals surface area contributed by atoms with Crippen LogP contribution in [0.25, 0.3) is 0 Å². The summed E-state index contributed by atoms with van der Waals surface area (Å²) in [4.78, 5) is 61.4. The molecule has 0 aliphatic carbocycles. The summed E-state index contributed by atoms with van der Waals surface area (Å²) in [6, 6.07) is 1.41. The van der Waals surface area contributed by atoms with E-state index >= 15 is 0 Å². The molecule has 0 radical (unpaired) electrons. The number of aromatic hydroxyl groups is 1. The Hall–Kier alpha value is -3.32. The summed E-state index contributed by atoms with van der Waals surface area (Å²) in [6.45, 7) is 3.68. The van der Waals surface area contributed by atoms with Crippen LogP contribution in [0.2, 0.25) is 0 Å². The zero-order valence-electron chi connectivity index (χ0n) is 21.8. The van der Waals surface area contributed by atoms with Crippen molar-refractivity contribution < 1.29 is 39.3 Å². The molecule has 12 nitrogen and oxygen atoms in total. The highest BCUT2D eigenvalue weighted by molar-refractivity contribution is 7.98. The maximum atomic E-state index is 13.3. The molecule has 38 heavy (non-hydrogen) atoms. The zero-order valence-corrected chi connectivity index (χ0v) is 22.6. The van der Waals surface area contributed by atoms with Crippen LogP contribution in [0.5, 0.6) is 5.75 Å². The number of benzene rings is 1. The zero-order chi connectivity index (χ0) is 28.8. The molecule has 0 spiro atoms. The Labute approximate surface area is 226 Å². The molecular formula is C25H38N4O8S. The first-order chi connectivity index (χ1) is 17.8. The van der Waals surface area contributed by atoms with E-state index in [0.717, 1.165) is 0 Å². The van der Waals surface area contributed by atoms with Crippen molar-refractivity contribution in [3.05, 3.63) is 29.8 Å². The van der Waals surface area contributed by atoms with E-state index in [2.05, 4.69) is 16.0 Å². The maximum absolute atomic E-state index is 13.3. The average molecular weight is 555 g/mol. The number of phenols is 1. The molecule has 1 rings (SSSR count). The van der Waals surface area contributed by atoms with Crippen molar-refractivity contribution in [1.82, 2.24) is 16.0 Å². The van der Waals surface area contributed by atoms with Gasteiger partial charge in [0, 0.05) is 12.8 Å². The number of carbonyl (C=O) groups excluding carboxylic acids is 3. The van der Waals surface area contributed by atoms with Crippen molar-refractivity contribution in [2.45, 2.75) is 70.1 Å². The molecule has 0 aromatic heterocycles. The van der Waals surface area contributed by atoms with Crippen molar-refractivity contribution in [2.24, 2.45) is 11.7 Å². The van der Waals surface area contributed by atoms with Crippen LogP contribution in [-0.4, -0.2) is 81.2 Å². The minimum atomic E-state index is -1.19. The molecule has 0 heterocycles. The molecular weight excluding hydrogens is 516 g/mol. The smallest absolute Gasteiger partial charge is 0.326 e. The summed E-state index contributed by atoms with van der Waals surface area (Å²) in [5, 5.41) is 35.5. The first kappa shape index (κ1) is 32.7. The highest BCUT2D eigenvalue weighted by Gasteiger charge is 2.31. The average Bonchev–Trinajstić information content (AvgIpc) is 2.84. The molecule has 4 unspecified atom stereocenters. The monoisotopic (exact) mass is 554 g/mol. The summed E-state index contributed by atoms with van der Waals surface area (Å²) in [7, 11) is 0. The Balaban J connectivity index is 3.11. The number of hydrogen-bond donors (Lipinski definition) is 7. The van der Waals surface area contributed by atoms with E-state index in [-0.39, 0.29) is 43.8 Å². The van der Waals surface area contributed by atoms with Crippen molar-refractivity contribution >= 4 is 41.4 Å². The number of amides is 3. The second-order valence-electron chi connectivity index (χ2n) is 9.34. The number of phenolic OH excluding ortho intramolecular Hbond substituents is 1. The molecule has 0 fully saturated rings. The topological polar surface area (TPSA) is 208 Å². The van der Waals surface area contributed by atoms with Crippen LogP contribution in [0.3, 0.4) is 0 Å². The highest BCUT2D eigenvalue weighted by atomic mass is 32.2. The lowest BCUT2D eigenvalue weighted by Crippen LogP contribution is -2.57. The van der Waals surface area contributed by atoms with Gasteiger partial charge in [0.15, 0.2) is 0 Å². The van der Waals surface area contributed by atoms with E-state index in [1.54, 1.807) is 12.1 Å². The van der Waals surface area contributed by atoms with Gasteiger partial charge >= 0.3 is 11.9 Å². The van der Waals surface area contributed by atoms with E-state index in [9.17, 15) is 34.2 Å². The Morgan fingerprint density at radius 3 is 1.95 bits per heavy atom. The maximum Gasteiger partial charge on any atom is 0.326 e. The Morgan fingerprint density at radius 2 is 1.42 bits per heavy atom. The van der Waals surface area contributed by atoms with Crippen molar-refractivity contribution in [3.63, 3.8) is 0 Å². The molecule has 4 atom stereocenters. The van der Waals surface area contributed by atoms with E-state index < -0.39 is 53.8 Å². The molecule has 1 aromatic carbocycles. The van der Waals surface area contributed by atoms with Crippen molar-refractivity contribution in [1.29, 1.82) is 0 Å². The second kappa shape index (κ2) is 16.5. The largest absolute Gasteiger partial charge is 0.508 e. The summed E-state index contributed by atoms with van der Waals surface area (Å²) >= 11 is 1.44. The molecule has 0 bridgehead atoms. The van der Waals surface area contributed by atoms with Gasteiger partial charge in [-0.25, -0.2) is 4.79 Å². The number of hydrogen-bond acceptors (Lipinski definition) is 8. The van der Waals surface area contributed by atoms with Crippen molar-refractivity contribution in [3.8, 4) is 5.75 Å². The Kier molecular flexibility index (Phi) is 14.2. The molecule has 0 aliphatic rings. The second-order valence-corrected chi connectivity index (χ2v) is 10.3. The van der Waals surface area contributed by atoms with Gasteiger partial charge in [-0.2, -0.15) is 11.8 Å². The lowest BCUT2D eigenvalue weighted by atomic mass is 10.00. The number of nitrogens with two attached hydrogens (primary N) is 1. The fourth-order valence-electron chi connectivity index (χ4n) is 3.51. The van der Waals surface area contributed by atoms with Gasteiger partial charge in [0.2, 0.25) is 17.7 Å². The normalized spacial score (nSPS) is 14.1.